The summed E-state index contributed by atoms with van der Waals surface area (Å²) < 4.78 is 6.76. The average Bonchev–Trinajstić information content (AvgIpc) is 3.49. The number of nitrogens with zero attached hydrogens (tertiary/aromatic N) is 7. The van der Waals surface area contributed by atoms with Gasteiger partial charge in [0, 0.05) is 51.0 Å². The van der Waals surface area contributed by atoms with Crippen LogP contribution in [-0.2, 0) is 24.2 Å². The van der Waals surface area contributed by atoms with Crippen molar-refractivity contribution in [2.24, 2.45) is 0 Å². The van der Waals surface area contributed by atoms with E-state index in [9.17, 15) is 4.79 Å². The highest BCUT2D eigenvalue weighted by Crippen LogP contribution is 2.26. The van der Waals surface area contributed by atoms with Crippen molar-refractivity contribution in [1.29, 1.82) is 0 Å². The molecule has 2 aliphatic rings. The standard InChI is InChI=1S/C24H29N7O2/c1-17-13-23(31-16-26-27-28-31)25-14-20(17)6-8-30-11-9-29(10-12-30)7-5-19-3-4-21-22(18(19)2)15-33-24(21)32/h3-4,13-14,16H,5-12,15H2,1-2H3. The van der Waals surface area contributed by atoms with Crippen molar-refractivity contribution in [2.45, 2.75) is 33.3 Å². The molecule has 3 aromatic rings. The zero-order valence-corrected chi connectivity index (χ0v) is 19.2. The monoisotopic (exact) mass is 447 g/mol. The van der Waals surface area contributed by atoms with Gasteiger partial charge in [0.05, 0.1) is 5.56 Å². The predicted molar refractivity (Wildman–Crippen MR) is 122 cm³/mol. The molecule has 0 atom stereocenters. The summed E-state index contributed by atoms with van der Waals surface area (Å²) in [4.78, 5) is 21.3. The number of carbonyl (C=O) groups excluding carboxylic acids is 1. The first-order valence-electron chi connectivity index (χ1n) is 11.5. The molecule has 0 aliphatic carbocycles. The maximum absolute atomic E-state index is 11.7. The normalized spacial score (nSPS) is 16.7. The molecule has 0 radical (unpaired) electrons. The van der Waals surface area contributed by atoms with E-state index >= 15 is 0 Å². The Morgan fingerprint density at radius 3 is 2.39 bits per heavy atom. The minimum atomic E-state index is -0.190. The Hall–Kier alpha value is -3.17. The number of aryl methyl sites for hydroxylation is 1. The van der Waals surface area contributed by atoms with E-state index in [1.165, 1.54) is 22.3 Å². The van der Waals surface area contributed by atoms with Crippen LogP contribution >= 0.6 is 0 Å². The number of carbonyl (C=O) groups is 1. The van der Waals surface area contributed by atoms with Gasteiger partial charge in [-0.05, 0) is 71.5 Å². The van der Waals surface area contributed by atoms with Gasteiger partial charge in [0.15, 0.2) is 5.82 Å². The molecule has 1 saturated heterocycles. The average molecular weight is 448 g/mol. The van der Waals surface area contributed by atoms with E-state index in [0.717, 1.165) is 69.1 Å². The molecule has 0 spiro atoms. The molecule has 0 N–H and O–H groups in total. The maximum Gasteiger partial charge on any atom is 0.338 e. The Kier molecular flexibility index (Phi) is 6.15. The summed E-state index contributed by atoms with van der Waals surface area (Å²) in [6.45, 7) is 11.1. The van der Waals surface area contributed by atoms with Gasteiger partial charge in [-0.1, -0.05) is 6.07 Å². The highest BCUT2D eigenvalue weighted by molar-refractivity contribution is 5.93. The molecular weight excluding hydrogens is 418 g/mol. The van der Waals surface area contributed by atoms with E-state index in [0.29, 0.717) is 6.61 Å². The third kappa shape index (κ3) is 4.65. The van der Waals surface area contributed by atoms with Crippen molar-refractivity contribution in [3.63, 3.8) is 0 Å². The zero-order chi connectivity index (χ0) is 22.8. The van der Waals surface area contributed by atoms with Crippen LogP contribution in [0.25, 0.3) is 5.82 Å². The molecule has 0 unspecified atom stereocenters. The third-order valence-electron chi connectivity index (χ3n) is 6.93. The minimum absolute atomic E-state index is 0.190. The fraction of sp³-hybridized carbons (Fsp3) is 0.458. The van der Waals surface area contributed by atoms with Gasteiger partial charge in [-0.2, -0.15) is 4.68 Å². The molecule has 0 amide bonds. The van der Waals surface area contributed by atoms with Crippen LogP contribution in [0, 0.1) is 13.8 Å². The summed E-state index contributed by atoms with van der Waals surface area (Å²) >= 11 is 0. The van der Waals surface area contributed by atoms with E-state index in [2.05, 4.69) is 50.2 Å². The van der Waals surface area contributed by atoms with Crippen molar-refractivity contribution in [1.82, 2.24) is 35.0 Å². The molecule has 0 bridgehead atoms. The molecule has 4 heterocycles. The zero-order valence-electron chi connectivity index (χ0n) is 19.2. The molecule has 2 aliphatic heterocycles. The number of piperazine rings is 1. The van der Waals surface area contributed by atoms with E-state index in [1.807, 2.05) is 18.3 Å². The molecule has 0 saturated carbocycles. The number of cyclic esters (lactones) is 1. The van der Waals surface area contributed by atoms with Crippen LogP contribution in [0.3, 0.4) is 0 Å². The van der Waals surface area contributed by atoms with Crippen LogP contribution in [0.5, 0.6) is 0 Å². The first-order valence-corrected chi connectivity index (χ1v) is 11.5. The quantitative estimate of drug-likeness (QED) is 0.506. The largest absolute Gasteiger partial charge is 0.457 e. The summed E-state index contributed by atoms with van der Waals surface area (Å²) in [5.41, 5.74) is 6.82. The highest BCUT2D eigenvalue weighted by atomic mass is 16.5. The van der Waals surface area contributed by atoms with Crippen molar-refractivity contribution in [3.05, 3.63) is 64.1 Å². The van der Waals surface area contributed by atoms with Crippen molar-refractivity contribution in [3.8, 4) is 5.82 Å². The van der Waals surface area contributed by atoms with Crippen molar-refractivity contribution < 1.29 is 9.53 Å². The maximum atomic E-state index is 11.7. The van der Waals surface area contributed by atoms with Crippen molar-refractivity contribution >= 4 is 5.97 Å². The molecule has 2 aromatic heterocycles. The van der Waals surface area contributed by atoms with Gasteiger partial charge < -0.3 is 14.5 Å². The molecule has 1 aromatic carbocycles. The van der Waals surface area contributed by atoms with Gasteiger partial charge in [-0.25, -0.2) is 9.78 Å². The number of pyridine rings is 1. The lowest BCUT2D eigenvalue weighted by Gasteiger charge is -2.35. The summed E-state index contributed by atoms with van der Waals surface area (Å²) in [6.07, 6.45) is 5.50. The first kappa shape index (κ1) is 21.7. The number of benzene rings is 1. The molecule has 9 nitrogen and oxygen atoms in total. The number of esters is 1. The van der Waals surface area contributed by atoms with Gasteiger partial charge >= 0.3 is 5.97 Å². The molecule has 5 rings (SSSR count). The van der Waals surface area contributed by atoms with Crippen LogP contribution in [0.15, 0.2) is 30.7 Å². The summed E-state index contributed by atoms with van der Waals surface area (Å²) in [5, 5.41) is 11.2. The van der Waals surface area contributed by atoms with Crippen LogP contribution in [0.4, 0.5) is 0 Å². The fourth-order valence-corrected chi connectivity index (χ4v) is 4.69. The number of fused-ring (bicyclic) bond motifs is 1. The lowest BCUT2D eigenvalue weighted by atomic mass is 9.96. The number of tetrazole rings is 1. The molecular formula is C24H29N7O2. The Bertz CT molecular complexity index is 1140. The smallest absolute Gasteiger partial charge is 0.338 e. The predicted octanol–water partition coefficient (Wildman–Crippen LogP) is 1.75. The molecule has 172 valence electrons. The second kappa shape index (κ2) is 9.36. The summed E-state index contributed by atoms with van der Waals surface area (Å²) in [7, 11) is 0. The lowest BCUT2D eigenvalue weighted by molar-refractivity contribution is 0.0535. The Morgan fingerprint density at radius 1 is 1.00 bits per heavy atom. The second-order valence-electron chi connectivity index (χ2n) is 8.86. The van der Waals surface area contributed by atoms with Crippen LogP contribution in [-0.4, -0.2) is 80.2 Å². The van der Waals surface area contributed by atoms with E-state index in [1.54, 1.807) is 11.0 Å². The van der Waals surface area contributed by atoms with E-state index in [4.69, 9.17) is 4.74 Å². The molecule has 1 fully saturated rings. The van der Waals surface area contributed by atoms with Gasteiger partial charge in [-0.3, -0.25) is 0 Å². The van der Waals surface area contributed by atoms with Gasteiger partial charge in [-0.15, -0.1) is 5.10 Å². The SMILES string of the molecule is Cc1cc(-n2cnnn2)ncc1CCN1CCN(CCc2ccc3c(c2C)COC3=O)CC1. The number of hydrogen-bond acceptors (Lipinski definition) is 8. The lowest BCUT2D eigenvalue weighted by Crippen LogP contribution is -2.47. The Balaban J connectivity index is 1.09. The van der Waals surface area contributed by atoms with Gasteiger partial charge in [0.1, 0.15) is 12.9 Å². The third-order valence-corrected chi connectivity index (χ3v) is 6.93. The minimum Gasteiger partial charge on any atom is -0.457 e. The number of ether oxygens (including phenoxy) is 1. The number of aromatic nitrogens is 5. The van der Waals surface area contributed by atoms with Crippen LogP contribution in [0.1, 0.15) is 38.2 Å². The molecule has 9 heteroatoms. The second-order valence-corrected chi connectivity index (χ2v) is 8.86. The summed E-state index contributed by atoms with van der Waals surface area (Å²) in [5.74, 6) is 0.554. The van der Waals surface area contributed by atoms with E-state index in [-0.39, 0.29) is 5.97 Å². The fourth-order valence-electron chi connectivity index (χ4n) is 4.69. The van der Waals surface area contributed by atoms with Gasteiger partial charge in [0.2, 0.25) is 0 Å². The van der Waals surface area contributed by atoms with E-state index < -0.39 is 0 Å². The van der Waals surface area contributed by atoms with Crippen LogP contribution in [0.2, 0.25) is 0 Å². The van der Waals surface area contributed by atoms with Gasteiger partial charge in [0.25, 0.3) is 0 Å². The Labute approximate surface area is 193 Å². The first-order chi connectivity index (χ1) is 16.1. The highest BCUT2D eigenvalue weighted by Gasteiger charge is 2.24. The van der Waals surface area contributed by atoms with Crippen LogP contribution < -0.4 is 0 Å². The summed E-state index contributed by atoms with van der Waals surface area (Å²) in [6, 6.07) is 6.06. The topological polar surface area (TPSA) is 89.3 Å². The Morgan fingerprint density at radius 2 is 1.73 bits per heavy atom. The number of hydrogen-bond donors (Lipinski definition) is 0. The van der Waals surface area contributed by atoms with Crippen molar-refractivity contribution in [2.75, 3.05) is 39.3 Å². The molecule has 33 heavy (non-hydrogen) atoms. The number of rotatable bonds is 7.